The zero-order valence-corrected chi connectivity index (χ0v) is 18.0. The second-order valence-corrected chi connectivity index (χ2v) is 7.84. The number of nitrogens with one attached hydrogen (secondary N) is 2. The monoisotopic (exact) mass is 444 g/mol. The number of hydrogen-bond acceptors (Lipinski definition) is 6. The maximum absolute atomic E-state index is 12.8. The molecular weight excluding hydrogens is 420 g/mol. The fourth-order valence-corrected chi connectivity index (χ4v) is 4.11. The number of carbonyl (C=O) groups excluding carboxylic acids is 2. The average molecular weight is 445 g/mol. The summed E-state index contributed by atoms with van der Waals surface area (Å²) in [6.07, 6.45) is 1.51. The molecule has 0 aliphatic carbocycles. The molecular formula is C22H25ClN4O4. The van der Waals surface area contributed by atoms with Crippen molar-refractivity contribution in [2.24, 2.45) is 0 Å². The van der Waals surface area contributed by atoms with E-state index in [1.807, 2.05) is 24.3 Å². The smallest absolute Gasteiger partial charge is 0.338 e. The van der Waals surface area contributed by atoms with Crippen molar-refractivity contribution in [3.63, 3.8) is 0 Å². The fraction of sp³-hybridized carbons (Fsp3) is 0.364. The summed E-state index contributed by atoms with van der Waals surface area (Å²) < 4.78 is 10.8. The summed E-state index contributed by atoms with van der Waals surface area (Å²) >= 11 is 6.12. The zero-order chi connectivity index (χ0) is 21.8. The van der Waals surface area contributed by atoms with E-state index >= 15 is 0 Å². The van der Waals surface area contributed by atoms with Gasteiger partial charge in [0, 0.05) is 49.1 Å². The summed E-state index contributed by atoms with van der Waals surface area (Å²) in [5.41, 5.74) is 2.00. The summed E-state index contributed by atoms with van der Waals surface area (Å²) in [4.78, 5) is 29.6. The van der Waals surface area contributed by atoms with Crippen molar-refractivity contribution in [1.29, 1.82) is 0 Å². The molecule has 1 aromatic heterocycles. The van der Waals surface area contributed by atoms with Gasteiger partial charge in [-0.1, -0.05) is 17.7 Å². The molecule has 164 valence electrons. The standard InChI is InChI=1S/C22H25ClN4O4/c1-2-30-21(28)19-17(24-22(29)25-20(19)18-7-4-12-31-18)14-26-8-10-27(11-9-26)16-6-3-5-15(23)13-16/h3-7,12-13,20H,2,8-11,14H2,1H3,(H2,24,25,29)/t20-/m0/s1. The number of esters is 1. The van der Waals surface area contributed by atoms with Crippen LogP contribution in [0.1, 0.15) is 18.7 Å². The highest BCUT2D eigenvalue weighted by Gasteiger charge is 2.36. The van der Waals surface area contributed by atoms with Crippen LogP contribution >= 0.6 is 11.6 Å². The number of nitrogens with zero attached hydrogens (tertiary/aromatic N) is 2. The van der Waals surface area contributed by atoms with Gasteiger partial charge in [0.05, 0.1) is 18.4 Å². The van der Waals surface area contributed by atoms with E-state index in [4.69, 9.17) is 20.8 Å². The van der Waals surface area contributed by atoms with Crippen molar-refractivity contribution in [3.8, 4) is 0 Å². The molecule has 0 saturated carbocycles. The lowest BCUT2D eigenvalue weighted by Crippen LogP contribution is -2.51. The largest absolute Gasteiger partial charge is 0.467 e. The van der Waals surface area contributed by atoms with E-state index in [-0.39, 0.29) is 12.6 Å². The number of urea groups is 1. The molecule has 1 saturated heterocycles. The van der Waals surface area contributed by atoms with E-state index < -0.39 is 12.0 Å². The Labute approximate surface area is 185 Å². The third-order valence-electron chi connectivity index (χ3n) is 5.40. The van der Waals surface area contributed by atoms with E-state index in [2.05, 4.69) is 20.4 Å². The highest BCUT2D eigenvalue weighted by atomic mass is 35.5. The first-order chi connectivity index (χ1) is 15.0. The quantitative estimate of drug-likeness (QED) is 0.666. The van der Waals surface area contributed by atoms with E-state index in [1.54, 1.807) is 19.1 Å². The first-order valence-corrected chi connectivity index (χ1v) is 10.7. The lowest BCUT2D eigenvalue weighted by molar-refractivity contribution is -0.139. The van der Waals surface area contributed by atoms with Gasteiger partial charge in [-0.05, 0) is 37.3 Å². The van der Waals surface area contributed by atoms with Gasteiger partial charge in [-0.25, -0.2) is 9.59 Å². The Balaban J connectivity index is 1.52. The van der Waals surface area contributed by atoms with Gasteiger partial charge >= 0.3 is 12.0 Å². The predicted molar refractivity (Wildman–Crippen MR) is 117 cm³/mol. The average Bonchev–Trinajstić information content (AvgIpc) is 3.29. The number of hydrogen-bond donors (Lipinski definition) is 2. The Hall–Kier alpha value is -2.97. The third-order valence-corrected chi connectivity index (χ3v) is 5.64. The van der Waals surface area contributed by atoms with E-state index in [9.17, 15) is 9.59 Å². The Morgan fingerprint density at radius 3 is 2.71 bits per heavy atom. The molecule has 0 spiro atoms. The minimum atomic E-state index is -0.689. The van der Waals surface area contributed by atoms with Crippen molar-refractivity contribution in [2.45, 2.75) is 13.0 Å². The second kappa shape index (κ2) is 9.45. The predicted octanol–water partition coefficient (Wildman–Crippen LogP) is 2.93. The van der Waals surface area contributed by atoms with Gasteiger partial charge < -0.3 is 24.7 Å². The minimum Gasteiger partial charge on any atom is -0.467 e. The summed E-state index contributed by atoms with van der Waals surface area (Å²) in [5.74, 6) is 0.0187. The topological polar surface area (TPSA) is 87.0 Å². The molecule has 2 aromatic rings. The molecule has 1 fully saturated rings. The number of halogens is 1. The summed E-state index contributed by atoms with van der Waals surface area (Å²) in [6, 6.07) is 10.2. The zero-order valence-electron chi connectivity index (χ0n) is 17.3. The summed E-state index contributed by atoms with van der Waals surface area (Å²) in [6.45, 7) is 5.62. The van der Waals surface area contributed by atoms with Crippen LogP contribution in [0.25, 0.3) is 0 Å². The SMILES string of the molecule is CCOC(=O)C1=C(CN2CCN(c3cccc(Cl)c3)CC2)NC(=O)N[C@H]1c1ccco1. The van der Waals surface area contributed by atoms with Crippen LogP contribution in [0.5, 0.6) is 0 Å². The molecule has 2 amide bonds. The number of amides is 2. The normalized spacial score (nSPS) is 19.7. The fourth-order valence-electron chi connectivity index (χ4n) is 3.92. The molecule has 8 nitrogen and oxygen atoms in total. The van der Waals surface area contributed by atoms with Crippen LogP contribution in [-0.4, -0.2) is 56.2 Å². The Kier molecular flexibility index (Phi) is 6.48. The molecule has 3 heterocycles. The summed E-state index contributed by atoms with van der Waals surface area (Å²) in [7, 11) is 0. The maximum Gasteiger partial charge on any atom is 0.338 e. The Bertz CT molecular complexity index is 968. The number of rotatable bonds is 6. The van der Waals surface area contributed by atoms with Gasteiger partial charge in [0.25, 0.3) is 0 Å². The minimum absolute atomic E-state index is 0.243. The molecule has 1 atom stereocenters. The van der Waals surface area contributed by atoms with Crippen LogP contribution in [0.2, 0.25) is 5.02 Å². The van der Waals surface area contributed by atoms with E-state index in [1.165, 1.54) is 6.26 Å². The van der Waals surface area contributed by atoms with Crippen molar-refractivity contribution < 1.29 is 18.7 Å². The number of anilines is 1. The van der Waals surface area contributed by atoms with Gasteiger partial charge in [0.15, 0.2) is 0 Å². The lowest BCUT2D eigenvalue weighted by atomic mass is 9.99. The first kappa shape index (κ1) is 21.3. The second-order valence-electron chi connectivity index (χ2n) is 7.40. The molecule has 2 aliphatic heterocycles. The molecule has 0 bridgehead atoms. The van der Waals surface area contributed by atoms with Crippen LogP contribution < -0.4 is 15.5 Å². The highest BCUT2D eigenvalue weighted by Crippen LogP contribution is 2.29. The molecule has 4 rings (SSSR count). The first-order valence-electron chi connectivity index (χ1n) is 10.3. The van der Waals surface area contributed by atoms with Gasteiger partial charge in [-0.15, -0.1) is 0 Å². The Morgan fingerprint density at radius 2 is 2.03 bits per heavy atom. The van der Waals surface area contributed by atoms with Crippen LogP contribution in [0.3, 0.4) is 0 Å². The van der Waals surface area contributed by atoms with Gasteiger partial charge in [0.1, 0.15) is 11.8 Å². The molecule has 31 heavy (non-hydrogen) atoms. The van der Waals surface area contributed by atoms with Gasteiger partial charge in [-0.2, -0.15) is 0 Å². The highest BCUT2D eigenvalue weighted by molar-refractivity contribution is 6.30. The van der Waals surface area contributed by atoms with Crippen LogP contribution in [0, 0.1) is 0 Å². The molecule has 9 heteroatoms. The summed E-state index contributed by atoms with van der Waals surface area (Å²) in [5, 5.41) is 6.29. The van der Waals surface area contributed by atoms with Crippen LogP contribution in [-0.2, 0) is 9.53 Å². The van der Waals surface area contributed by atoms with E-state index in [0.717, 1.165) is 31.9 Å². The third kappa shape index (κ3) is 4.86. The van der Waals surface area contributed by atoms with Crippen molar-refractivity contribution in [3.05, 3.63) is 64.7 Å². The lowest BCUT2D eigenvalue weighted by Gasteiger charge is -2.37. The molecule has 1 aromatic carbocycles. The number of ether oxygens (including phenoxy) is 1. The molecule has 2 N–H and O–H groups in total. The van der Waals surface area contributed by atoms with Gasteiger partial charge in [-0.3, -0.25) is 4.90 Å². The number of benzene rings is 1. The van der Waals surface area contributed by atoms with Crippen molar-refractivity contribution in [1.82, 2.24) is 15.5 Å². The van der Waals surface area contributed by atoms with Gasteiger partial charge in [0.2, 0.25) is 0 Å². The molecule has 0 radical (unpaired) electrons. The van der Waals surface area contributed by atoms with Crippen LogP contribution in [0.15, 0.2) is 58.3 Å². The number of furan rings is 1. The van der Waals surface area contributed by atoms with Crippen molar-refractivity contribution in [2.75, 3.05) is 44.2 Å². The number of piperazine rings is 1. The molecule has 2 aliphatic rings. The molecule has 0 unspecified atom stereocenters. The maximum atomic E-state index is 12.8. The number of carbonyl (C=O) groups is 2. The van der Waals surface area contributed by atoms with Crippen LogP contribution in [0.4, 0.5) is 10.5 Å². The van der Waals surface area contributed by atoms with Crippen molar-refractivity contribution >= 4 is 29.3 Å². The Morgan fingerprint density at radius 1 is 1.23 bits per heavy atom. The van der Waals surface area contributed by atoms with E-state index in [0.29, 0.717) is 28.6 Å².